The second-order valence-electron chi connectivity index (χ2n) is 15.0. The molecule has 0 unspecified atom stereocenters. The number of hydrogen-bond acceptors (Lipinski definition) is 16. The second-order valence-corrected chi connectivity index (χ2v) is 15.7. The largest absolute Gasteiger partial charge is 0.481 e. The van der Waals surface area contributed by atoms with Gasteiger partial charge in [-0.15, -0.1) is 0 Å². The molecule has 0 bridgehead atoms. The minimum atomic E-state index is -1.53. The Hall–Kier alpha value is -6.14. The van der Waals surface area contributed by atoms with E-state index in [1.807, 2.05) is 0 Å². The summed E-state index contributed by atoms with van der Waals surface area (Å²) in [6, 6.07) is -10.4. The van der Waals surface area contributed by atoms with E-state index in [1.165, 1.54) is 13.8 Å². The number of aliphatic carboxylic acids is 2. The Balaban J connectivity index is 6.02. The summed E-state index contributed by atoms with van der Waals surface area (Å²) in [6.07, 6.45) is 0.0847. The van der Waals surface area contributed by atoms with Crippen molar-refractivity contribution in [3.05, 3.63) is 0 Å². The Labute approximate surface area is 398 Å². The number of rotatable bonds is 34. The molecule has 380 valence electrons. The summed E-state index contributed by atoms with van der Waals surface area (Å²) in [5, 5.41) is 37.8. The molecule has 30 heteroatoms. The summed E-state index contributed by atoms with van der Waals surface area (Å²) in [6.45, 7) is 2.18. The lowest BCUT2D eigenvalue weighted by Crippen LogP contribution is -2.58. The fourth-order valence-corrected chi connectivity index (χ4v) is 5.97. The van der Waals surface area contributed by atoms with Gasteiger partial charge in [-0.1, -0.05) is 0 Å². The number of nitrogens with two attached hydrogens (primary N) is 6. The molecular weight excluding hydrogens is 925 g/mol. The van der Waals surface area contributed by atoms with Crippen molar-refractivity contribution in [3.8, 4) is 0 Å². The summed E-state index contributed by atoms with van der Waals surface area (Å²) in [5.41, 5.74) is 32.8. The zero-order valence-corrected chi connectivity index (χ0v) is 39.2. The molecule has 0 saturated heterocycles. The lowest BCUT2D eigenvalue weighted by molar-refractivity contribution is -0.141. The fourth-order valence-electron chi connectivity index (χ4n) is 5.56. The van der Waals surface area contributed by atoms with Crippen LogP contribution >= 0.6 is 25.3 Å². The molecule has 0 aliphatic rings. The van der Waals surface area contributed by atoms with Crippen LogP contribution in [0.25, 0.3) is 0 Å². The van der Waals surface area contributed by atoms with Crippen molar-refractivity contribution in [2.24, 2.45) is 44.4 Å². The van der Waals surface area contributed by atoms with Crippen LogP contribution in [-0.2, 0) is 47.9 Å². The molecule has 28 nitrogen and oxygen atoms in total. The highest BCUT2D eigenvalue weighted by Gasteiger charge is 2.32. The number of nitrogens with zero attached hydrogens (tertiary/aromatic N) is 2. The lowest BCUT2D eigenvalue weighted by Gasteiger charge is -2.25. The summed E-state index contributed by atoms with van der Waals surface area (Å²) in [5.74, 6) is -10.3. The van der Waals surface area contributed by atoms with Gasteiger partial charge in [0, 0.05) is 31.0 Å². The Morgan fingerprint density at radius 3 is 1.37 bits per heavy atom. The van der Waals surface area contributed by atoms with Crippen molar-refractivity contribution in [1.82, 2.24) is 42.5 Å². The SMILES string of the molecule is C[C@H](NC(=O)[C@H](CCCCN)NC(=O)[C@H](CCCN=C(N)N)NC(=O)CNC(=O)[C@H](C)NC(=O)[C@H](CCC(=O)O)NC(=O)[C@H](CCCN=C(N)N)NC(=O)[C@@H](N)CS)C(=O)N[C@@H](CS)C(=O)O. The molecule has 0 aliphatic carbocycles. The van der Waals surface area contributed by atoms with Crippen molar-refractivity contribution in [2.45, 2.75) is 120 Å². The van der Waals surface area contributed by atoms with Crippen LogP contribution in [0.5, 0.6) is 0 Å². The molecule has 67 heavy (non-hydrogen) atoms. The minimum absolute atomic E-state index is 0.0280. The van der Waals surface area contributed by atoms with Crippen LogP contribution in [0.2, 0.25) is 0 Å². The van der Waals surface area contributed by atoms with E-state index in [9.17, 15) is 58.2 Å². The fraction of sp³-hybridized carbons (Fsp3) is 0.676. The molecule has 0 heterocycles. The van der Waals surface area contributed by atoms with Crippen LogP contribution in [-0.4, -0.2) is 167 Å². The number of thiol groups is 2. The Morgan fingerprint density at radius 2 is 0.940 bits per heavy atom. The van der Waals surface area contributed by atoms with E-state index in [2.05, 4.69) is 77.8 Å². The summed E-state index contributed by atoms with van der Waals surface area (Å²) in [7, 11) is 0. The van der Waals surface area contributed by atoms with Gasteiger partial charge in [-0.05, 0) is 71.8 Å². The van der Waals surface area contributed by atoms with E-state index in [-0.39, 0.29) is 75.2 Å². The van der Waals surface area contributed by atoms with Crippen LogP contribution in [0.4, 0.5) is 0 Å². The first-order valence-electron chi connectivity index (χ1n) is 21.1. The summed E-state index contributed by atoms with van der Waals surface area (Å²) < 4.78 is 0. The Morgan fingerprint density at radius 1 is 0.522 bits per heavy atom. The molecule has 0 rings (SSSR count). The third kappa shape index (κ3) is 26.6. The predicted octanol–water partition coefficient (Wildman–Crippen LogP) is -7.09. The van der Waals surface area contributed by atoms with E-state index in [1.54, 1.807) is 0 Å². The number of carboxylic acid groups (broad SMARTS) is 2. The molecule has 0 aromatic carbocycles. The highest BCUT2D eigenvalue weighted by atomic mass is 32.1. The number of guanidine groups is 2. The summed E-state index contributed by atoms with van der Waals surface area (Å²) >= 11 is 7.88. The van der Waals surface area contributed by atoms with Gasteiger partial charge < -0.3 is 87.1 Å². The van der Waals surface area contributed by atoms with Gasteiger partial charge in [0.25, 0.3) is 0 Å². The van der Waals surface area contributed by atoms with E-state index < -0.39 is 127 Å². The number of carboxylic acids is 2. The molecular formula is C37H68N16O12S2. The number of unbranched alkanes of at least 4 members (excludes halogenated alkanes) is 1. The third-order valence-electron chi connectivity index (χ3n) is 9.29. The van der Waals surface area contributed by atoms with Crippen molar-refractivity contribution < 1.29 is 58.2 Å². The van der Waals surface area contributed by atoms with Gasteiger partial charge >= 0.3 is 11.9 Å². The first kappa shape index (κ1) is 60.9. The van der Waals surface area contributed by atoms with Crippen LogP contribution < -0.4 is 76.9 Å². The highest BCUT2D eigenvalue weighted by Crippen LogP contribution is 2.07. The third-order valence-corrected chi connectivity index (χ3v) is 10.1. The first-order chi connectivity index (χ1) is 31.5. The second kappa shape index (κ2) is 33.3. The maximum Gasteiger partial charge on any atom is 0.327 e. The molecule has 22 N–H and O–H groups in total. The first-order valence-corrected chi connectivity index (χ1v) is 22.4. The number of aliphatic imine (C=N–C) groups is 2. The van der Waals surface area contributed by atoms with Gasteiger partial charge in [-0.3, -0.25) is 53.1 Å². The molecule has 0 aromatic rings. The molecule has 0 fully saturated rings. The molecule has 0 spiro atoms. The predicted molar refractivity (Wildman–Crippen MR) is 251 cm³/mol. The van der Waals surface area contributed by atoms with E-state index in [0.717, 1.165) is 0 Å². The Kier molecular flexibility index (Phi) is 30.3. The van der Waals surface area contributed by atoms with Gasteiger partial charge in [0.2, 0.25) is 47.3 Å². The smallest absolute Gasteiger partial charge is 0.327 e. The van der Waals surface area contributed by atoms with Crippen LogP contribution in [0.1, 0.15) is 71.6 Å². The normalized spacial score (nSPS) is 14.3. The number of nitrogens with one attached hydrogen (secondary N) is 8. The molecule has 0 radical (unpaired) electrons. The van der Waals surface area contributed by atoms with Gasteiger partial charge in [0.15, 0.2) is 11.9 Å². The lowest BCUT2D eigenvalue weighted by atomic mass is 10.1. The molecule has 8 amide bonds. The average Bonchev–Trinajstić information content (AvgIpc) is 3.26. The zero-order valence-electron chi connectivity index (χ0n) is 37.5. The molecule has 8 atom stereocenters. The van der Waals surface area contributed by atoms with E-state index in [0.29, 0.717) is 12.8 Å². The monoisotopic (exact) mass is 992 g/mol. The van der Waals surface area contributed by atoms with Gasteiger partial charge in [-0.2, -0.15) is 25.3 Å². The number of amides is 8. The molecule has 0 aliphatic heterocycles. The average molecular weight is 993 g/mol. The van der Waals surface area contributed by atoms with Crippen LogP contribution in [0.3, 0.4) is 0 Å². The maximum atomic E-state index is 13.7. The van der Waals surface area contributed by atoms with Gasteiger partial charge in [-0.25, -0.2) is 4.79 Å². The molecule has 0 saturated carbocycles. The molecule has 0 aromatic heterocycles. The number of carbonyl (C=O) groups excluding carboxylic acids is 8. The van der Waals surface area contributed by atoms with E-state index in [4.69, 9.17) is 34.4 Å². The quantitative estimate of drug-likeness (QED) is 0.0123. The van der Waals surface area contributed by atoms with Crippen molar-refractivity contribution in [2.75, 3.05) is 37.7 Å². The standard InChI is InChI=1S/C37H68N16O12S2/c1-18(47-32(61)24(10-11-27(55)56)52-34(63)23(9-6-14-45-37(42)43)50-30(59)20(39)16-66)28(57)46-15-26(54)49-21(8-5-13-44-36(40)41)33(62)51-22(7-3-4-12-38)31(60)48-19(2)29(58)53-25(17-67)35(64)65/h18-25,66-67H,3-17,38-39H2,1-2H3,(H,46,57)(H,47,61)(H,48,60)(H,49,54)(H,50,59)(H,51,62)(H,52,63)(H,53,58)(H,55,56)(H,64,65)(H4,40,41,44)(H4,42,43,45)/t18-,19-,20-,21-,22-,23-,24-,25-/m0/s1. The van der Waals surface area contributed by atoms with Crippen molar-refractivity contribution in [1.29, 1.82) is 0 Å². The van der Waals surface area contributed by atoms with Crippen LogP contribution in [0, 0.1) is 0 Å². The maximum absolute atomic E-state index is 13.7. The number of carbonyl (C=O) groups is 10. The minimum Gasteiger partial charge on any atom is -0.481 e. The van der Waals surface area contributed by atoms with Crippen molar-refractivity contribution in [3.63, 3.8) is 0 Å². The van der Waals surface area contributed by atoms with Crippen molar-refractivity contribution >= 4 is 96.4 Å². The summed E-state index contributed by atoms with van der Waals surface area (Å²) in [4.78, 5) is 136. The van der Waals surface area contributed by atoms with Gasteiger partial charge in [0.05, 0.1) is 12.6 Å². The van der Waals surface area contributed by atoms with E-state index >= 15 is 0 Å². The Bertz CT molecular complexity index is 1750. The topological polar surface area (TPSA) is 488 Å². The highest BCUT2D eigenvalue weighted by molar-refractivity contribution is 7.80. The zero-order chi connectivity index (χ0) is 51.2. The number of hydrogen-bond donors (Lipinski definition) is 18. The van der Waals surface area contributed by atoms with Crippen LogP contribution in [0.15, 0.2) is 9.98 Å². The van der Waals surface area contributed by atoms with Gasteiger partial charge in [0.1, 0.15) is 42.3 Å².